The van der Waals surface area contributed by atoms with Gasteiger partial charge in [-0.1, -0.05) is 18.2 Å². The van der Waals surface area contributed by atoms with Gasteiger partial charge in [-0.15, -0.1) is 0 Å². The number of hydrogen-bond acceptors (Lipinski definition) is 4. The highest BCUT2D eigenvalue weighted by Crippen LogP contribution is 2.10. The van der Waals surface area contributed by atoms with Gasteiger partial charge in [0.15, 0.2) is 0 Å². The van der Waals surface area contributed by atoms with Crippen LogP contribution in [0.15, 0.2) is 30.3 Å². The molecular formula is C14H20N2O4S. The van der Waals surface area contributed by atoms with E-state index in [0.29, 0.717) is 18.7 Å². The van der Waals surface area contributed by atoms with Gasteiger partial charge < -0.3 is 10.1 Å². The molecule has 0 spiro atoms. The van der Waals surface area contributed by atoms with Crippen LogP contribution in [0.5, 0.6) is 0 Å². The van der Waals surface area contributed by atoms with Gasteiger partial charge >= 0.3 is 0 Å². The molecule has 1 fully saturated rings. The van der Waals surface area contributed by atoms with Crippen molar-refractivity contribution in [1.29, 1.82) is 0 Å². The summed E-state index contributed by atoms with van der Waals surface area (Å²) in [5.41, 5.74) is 0.516. The molecule has 1 aliphatic rings. The van der Waals surface area contributed by atoms with Crippen LogP contribution in [0.4, 0.5) is 0 Å². The number of benzene rings is 1. The van der Waals surface area contributed by atoms with Crippen molar-refractivity contribution in [2.45, 2.75) is 18.9 Å². The molecule has 2 N–H and O–H groups in total. The van der Waals surface area contributed by atoms with Gasteiger partial charge in [-0.25, -0.2) is 13.1 Å². The first-order chi connectivity index (χ1) is 10.1. The summed E-state index contributed by atoms with van der Waals surface area (Å²) in [5.74, 6) is -0.414. The first kappa shape index (κ1) is 15.9. The number of ether oxygens (including phenoxy) is 1. The van der Waals surface area contributed by atoms with Crippen LogP contribution in [-0.4, -0.2) is 45.9 Å². The third-order valence-corrected chi connectivity index (χ3v) is 4.60. The Bertz CT molecular complexity index is 554. The highest BCUT2D eigenvalue weighted by molar-refractivity contribution is 7.89. The molecular weight excluding hydrogens is 292 g/mol. The first-order valence-electron chi connectivity index (χ1n) is 6.99. The number of carbonyl (C=O) groups excluding carboxylic acids is 1. The van der Waals surface area contributed by atoms with Crippen molar-refractivity contribution in [3.05, 3.63) is 35.9 Å². The van der Waals surface area contributed by atoms with E-state index in [-0.39, 0.29) is 24.3 Å². The van der Waals surface area contributed by atoms with Crippen LogP contribution in [0, 0.1) is 0 Å². The van der Waals surface area contributed by atoms with Crippen LogP contribution in [0.3, 0.4) is 0 Å². The fourth-order valence-electron chi connectivity index (χ4n) is 2.09. The maximum atomic E-state index is 11.8. The summed E-state index contributed by atoms with van der Waals surface area (Å²) in [7, 11) is -3.39. The van der Waals surface area contributed by atoms with Gasteiger partial charge in [0.2, 0.25) is 10.0 Å². The fourth-order valence-corrected chi connectivity index (χ4v) is 3.04. The fraction of sp³-hybridized carbons (Fsp3) is 0.500. The average Bonchev–Trinajstić information content (AvgIpc) is 2.99. The van der Waals surface area contributed by atoms with E-state index in [2.05, 4.69) is 10.0 Å². The molecule has 0 aromatic heterocycles. The summed E-state index contributed by atoms with van der Waals surface area (Å²) in [4.78, 5) is 11.8. The molecule has 0 bridgehead atoms. The number of carbonyl (C=O) groups is 1. The largest absolute Gasteiger partial charge is 0.377 e. The maximum absolute atomic E-state index is 11.8. The molecule has 7 heteroatoms. The smallest absolute Gasteiger partial charge is 0.251 e. The monoisotopic (exact) mass is 312 g/mol. The minimum absolute atomic E-state index is 0.0290. The van der Waals surface area contributed by atoms with E-state index in [4.69, 9.17) is 4.74 Å². The quantitative estimate of drug-likeness (QED) is 0.768. The maximum Gasteiger partial charge on any atom is 0.251 e. The molecule has 1 aromatic carbocycles. The van der Waals surface area contributed by atoms with E-state index in [1.807, 2.05) is 6.07 Å². The molecule has 0 aliphatic carbocycles. The zero-order valence-corrected chi connectivity index (χ0v) is 12.6. The highest BCUT2D eigenvalue weighted by atomic mass is 32.2. The number of rotatable bonds is 7. The lowest BCUT2D eigenvalue weighted by Crippen LogP contribution is -2.37. The van der Waals surface area contributed by atoms with Crippen molar-refractivity contribution >= 4 is 15.9 Å². The lowest BCUT2D eigenvalue weighted by Gasteiger charge is -2.11. The van der Waals surface area contributed by atoms with Crippen LogP contribution in [0.25, 0.3) is 0 Å². The van der Waals surface area contributed by atoms with E-state index in [0.717, 1.165) is 12.8 Å². The van der Waals surface area contributed by atoms with Crippen LogP contribution >= 0.6 is 0 Å². The molecule has 116 valence electrons. The molecule has 2 rings (SSSR count). The normalized spacial score (nSPS) is 18.6. The second-order valence-corrected chi connectivity index (χ2v) is 6.85. The van der Waals surface area contributed by atoms with Crippen LogP contribution < -0.4 is 10.0 Å². The van der Waals surface area contributed by atoms with E-state index in [1.165, 1.54) is 0 Å². The van der Waals surface area contributed by atoms with E-state index < -0.39 is 10.0 Å². The van der Waals surface area contributed by atoms with Crippen LogP contribution in [0.1, 0.15) is 23.2 Å². The topological polar surface area (TPSA) is 84.5 Å². The number of hydrogen-bond donors (Lipinski definition) is 2. The Labute approximate surface area is 124 Å². The van der Waals surface area contributed by atoms with Crippen molar-refractivity contribution in [2.75, 3.05) is 25.4 Å². The summed E-state index contributed by atoms with van der Waals surface area (Å²) in [6.07, 6.45) is 1.82. The average molecular weight is 312 g/mol. The molecule has 1 amide bonds. The van der Waals surface area contributed by atoms with E-state index in [1.54, 1.807) is 24.3 Å². The predicted octanol–water partition coefficient (Wildman–Crippen LogP) is 0.515. The molecule has 1 aromatic rings. The third kappa shape index (κ3) is 5.45. The molecule has 1 atom stereocenters. The predicted molar refractivity (Wildman–Crippen MR) is 79.5 cm³/mol. The SMILES string of the molecule is O=C(NCCS(=O)(=O)NC[C@H]1CCCO1)c1ccccc1. The second kappa shape index (κ2) is 7.53. The van der Waals surface area contributed by atoms with Crippen molar-refractivity contribution in [3.8, 4) is 0 Å². The molecule has 0 unspecified atom stereocenters. The molecule has 21 heavy (non-hydrogen) atoms. The lowest BCUT2D eigenvalue weighted by atomic mass is 10.2. The minimum Gasteiger partial charge on any atom is -0.377 e. The van der Waals surface area contributed by atoms with Gasteiger partial charge in [0.05, 0.1) is 11.9 Å². The molecule has 1 aliphatic heterocycles. The molecule has 0 radical (unpaired) electrons. The zero-order valence-electron chi connectivity index (χ0n) is 11.7. The second-order valence-electron chi connectivity index (χ2n) is 4.92. The molecule has 0 saturated carbocycles. The van der Waals surface area contributed by atoms with Gasteiger partial charge in [0.1, 0.15) is 0 Å². The third-order valence-electron chi connectivity index (χ3n) is 3.25. The van der Waals surface area contributed by atoms with Gasteiger partial charge in [-0.3, -0.25) is 4.79 Å². The Kier molecular flexibility index (Phi) is 5.72. The van der Waals surface area contributed by atoms with Gasteiger partial charge in [-0.05, 0) is 25.0 Å². The number of nitrogens with one attached hydrogen (secondary N) is 2. The van der Waals surface area contributed by atoms with E-state index in [9.17, 15) is 13.2 Å². The van der Waals surface area contributed by atoms with Crippen molar-refractivity contribution in [2.24, 2.45) is 0 Å². The Morgan fingerprint density at radius 2 is 2.05 bits per heavy atom. The number of sulfonamides is 1. The highest BCUT2D eigenvalue weighted by Gasteiger charge is 2.18. The molecule has 6 nitrogen and oxygen atoms in total. The van der Waals surface area contributed by atoms with Crippen molar-refractivity contribution in [1.82, 2.24) is 10.0 Å². The summed E-state index contributed by atoms with van der Waals surface area (Å²) >= 11 is 0. The first-order valence-corrected chi connectivity index (χ1v) is 8.64. The Morgan fingerprint density at radius 3 is 2.71 bits per heavy atom. The Hall–Kier alpha value is -1.44. The zero-order chi connectivity index (χ0) is 15.1. The van der Waals surface area contributed by atoms with Crippen molar-refractivity contribution in [3.63, 3.8) is 0 Å². The van der Waals surface area contributed by atoms with Crippen molar-refractivity contribution < 1.29 is 17.9 Å². The van der Waals surface area contributed by atoms with Gasteiger partial charge in [-0.2, -0.15) is 0 Å². The summed E-state index contributed by atoms with van der Waals surface area (Å²) in [5, 5.41) is 2.59. The summed E-state index contributed by atoms with van der Waals surface area (Å²) in [6.45, 7) is 1.07. The Balaban J connectivity index is 1.70. The molecule has 1 saturated heterocycles. The Morgan fingerprint density at radius 1 is 1.29 bits per heavy atom. The standard InChI is InChI=1S/C14H20N2O4S/c17-14(12-5-2-1-3-6-12)15-8-10-21(18,19)16-11-13-7-4-9-20-13/h1-3,5-6,13,16H,4,7-11H2,(H,15,17)/t13-/m1/s1. The number of amides is 1. The molecule has 1 heterocycles. The minimum atomic E-state index is -3.39. The summed E-state index contributed by atoms with van der Waals surface area (Å²) in [6, 6.07) is 8.69. The van der Waals surface area contributed by atoms with E-state index >= 15 is 0 Å². The van der Waals surface area contributed by atoms with Crippen LogP contribution in [-0.2, 0) is 14.8 Å². The lowest BCUT2D eigenvalue weighted by molar-refractivity contribution is 0.0956. The summed E-state index contributed by atoms with van der Waals surface area (Å²) < 4.78 is 31.4. The van der Waals surface area contributed by atoms with Gasteiger partial charge in [0.25, 0.3) is 5.91 Å². The van der Waals surface area contributed by atoms with Crippen LogP contribution in [0.2, 0.25) is 0 Å². The van der Waals surface area contributed by atoms with Gasteiger partial charge in [0, 0.05) is 25.3 Å².